The van der Waals surface area contributed by atoms with Crippen molar-refractivity contribution in [2.45, 2.75) is 11.8 Å². The lowest BCUT2D eigenvalue weighted by Crippen LogP contribution is -2.52. The molecule has 5 heteroatoms. The molecule has 1 aliphatic rings. The fourth-order valence-corrected chi connectivity index (χ4v) is 2.08. The van der Waals surface area contributed by atoms with Crippen LogP contribution in [-0.4, -0.2) is 39.6 Å². The number of carbonyl (C=O) groups excluding carboxylic acids is 1. The molecule has 4 nitrogen and oxygen atoms in total. The van der Waals surface area contributed by atoms with Crippen molar-refractivity contribution in [1.29, 1.82) is 0 Å². The predicted molar refractivity (Wildman–Crippen MR) is 50.4 cm³/mol. The average Bonchev–Trinajstić information content (AvgIpc) is 2.08. The van der Waals surface area contributed by atoms with Crippen LogP contribution >= 0.6 is 11.8 Å². The number of hydrogen-bond acceptors (Lipinski definition) is 3. The number of amides is 1. The highest BCUT2D eigenvalue weighted by Crippen LogP contribution is 2.28. The van der Waals surface area contributed by atoms with Crippen molar-refractivity contribution in [2.75, 3.05) is 12.3 Å². The maximum atomic E-state index is 11.0. The Morgan fingerprint density at radius 3 is 3.00 bits per heavy atom. The minimum absolute atomic E-state index is 0.0293. The highest BCUT2D eigenvalue weighted by atomic mass is 32.2. The van der Waals surface area contributed by atoms with Crippen LogP contribution in [0.4, 0.5) is 0 Å². The first-order valence-electron chi connectivity index (χ1n) is 3.89. The first-order chi connectivity index (χ1) is 6.15. The smallest absolute Gasteiger partial charge is 0.323 e. The van der Waals surface area contributed by atoms with E-state index in [0.717, 1.165) is 5.75 Å². The van der Waals surface area contributed by atoms with Crippen LogP contribution < -0.4 is 0 Å². The number of likely N-dealkylation sites (tertiary alicyclic amines) is 1. The number of β-lactam (4-membered cyclic amide) rings is 1. The zero-order valence-electron chi connectivity index (χ0n) is 7.10. The maximum Gasteiger partial charge on any atom is 0.323 e. The van der Waals surface area contributed by atoms with Gasteiger partial charge in [-0.2, -0.15) is 0 Å². The summed E-state index contributed by atoms with van der Waals surface area (Å²) >= 11 is 1.54. The van der Waals surface area contributed by atoms with Crippen LogP contribution in [0.1, 0.15) is 6.42 Å². The maximum absolute atomic E-state index is 11.0. The zero-order valence-corrected chi connectivity index (χ0v) is 7.92. The molecule has 0 aliphatic carbocycles. The minimum atomic E-state index is -0.961. The molecule has 1 N–H and O–H groups in total. The number of thioether (sulfide) groups is 1. The van der Waals surface area contributed by atoms with Gasteiger partial charge in [-0.15, -0.1) is 18.3 Å². The highest BCUT2D eigenvalue weighted by Gasteiger charge is 2.36. The standard InChI is InChI=1S/C8H11NO3S/c1-2-3-13-7-4-6(10)9(7)5-8(11)12/h2,7H,1,3-5H2,(H,11,12). The van der Waals surface area contributed by atoms with Crippen molar-refractivity contribution >= 4 is 23.6 Å². The Bertz CT molecular complexity index is 242. The summed E-state index contributed by atoms with van der Waals surface area (Å²) in [4.78, 5) is 22.7. The molecule has 13 heavy (non-hydrogen) atoms. The molecule has 1 fully saturated rings. The molecule has 0 aromatic heterocycles. The van der Waals surface area contributed by atoms with Crippen molar-refractivity contribution in [3.05, 3.63) is 12.7 Å². The first-order valence-corrected chi connectivity index (χ1v) is 4.93. The third kappa shape index (κ3) is 2.48. The summed E-state index contributed by atoms with van der Waals surface area (Å²) in [5.74, 6) is -0.296. The van der Waals surface area contributed by atoms with E-state index in [1.165, 1.54) is 4.90 Å². The second-order valence-corrected chi connectivity index (χ2v) is 3.91. The topological polar surface area (TPSA) is 57.6 Å². The number of aliphatic carboxylic acids is 1. The van der Waals surface area contributed by atoms with Gasteiger partial charge in [0.15, 0.2) is 0 Å². The summed E-state index contributed by atoms with van der Waals surface area (Å²) < 4.78 is 0. The number of carboxylic acid groups (broad SMARTS) is 1. The number of nitrogens with zero attached hydrogens (tertiary/aromatic N) is 1. The van der Waals surface area contributed by atoms with Gasteiger partial charge in [-0.25, -0.2) is 0 Å². The van der Waals surface area contributed by atoms with E-state index in [0.29, 0.717) is 6.42 Å². The lowest BCUT2D eigenvalue weighted by atomic mass is 10.2. The normalized spacial score (nSPS) is 21.1. The third-order valence-corrected chi connectivity index (χ3v) is 2.96. The third-order valence-electron chi connectivity index (χ3n) is 1.73. The van der Waals surface area contributed by atoms with E-state index in [9.17, 15) is 9.59 Å². The van der Waals surface area contributed by atoms with Crippen molar-refractivity contribution in [2.24, 2.45) is 0 Å². The minimum Gasteiger partial charge on any atom is -0.480 e. The van der Waals surface area contributed by atoms with E-state index in [1.54, 1.807) is 17.8 Å². The molecule has 1 saturated heterocycles. The fraction of sp³-hybridized carbons (Fsp3) is 0.500. The monoisotopic (exact) mass is 201 g/mol. The van der Waals surface area contributed by atoms with Gasteiger partial charge < -0.3 is 10.0 Å². The van der Waals surface area contributed by atoms with Gasteiger partial charge in [0.2, 0.25) is 5.91 Å². The van der Waals surface area contributed by atoms with Gasteiger partial charge in [0.1, 0.15) is 6.54 Å². The van der Waals surface area contributed by atoms with Crippen LogP contribution in [0.25, 0.3) is 0 Å². The molecule has 1 unspecified atom stereocenters. The summed E-state index contributed by atoms with van der Waals surface area (Å²) in [7, 11) is 0. The molecule has 1 aliphatic heterocycles. The molecule has 0 bridgehead atoms. The Kier molecular flexibility index (Phi) is 3.36. The summed E-state index contributed by atoms with van der Waals surface area (Å²) in [6.07, 6.45) is 2.19. The van der Waals surface area contributed by atoms with E-state index in [2.05, 4.69) is 6.58 Å². The van der Waals surface area contributed by atoms with Gasteiger partial charge in [0, 0.05) is 5.75 Å². The van der Waals surface area contributed by atoms with Gasteiger partial charge in [-0.3, -0.25) is 9.59 Å². The zero-order chi connectivity index (χ0) is 9.84. The summed E-state index contributed by atoms with van der Waals surface area (Å²) in [6, 6.07) is 0. The van der Waals surface area contributed by atoms with Crippen molar-refractivity contribution in [3.63, 3.8) is 0 Å². The van der Waals surface area contributed by atoms with E-state index >= 15 is 0 Å². The molecule has 0 aromatic rings. The Morgan fingerprint density at radius 2 is 2.54 bits per heavy atom. The molecule has 0 saturated carbocycles. The average molecular weight is 201 g/mol. The molecule has 1 amide bonds. The van der Waals surface area contributed by atoms with Gasteiger partial charge in [-0.1, -0.05) is 6.08 Å². The second-order valence-electron chi connectivity index (χ2n) is 2.70. The van der Waals surface area contributed by atoms with Gasteiger partial charge >= 0.3 is 5.97 Å². The molecule has 1 rings (SSSR count). The Morgan fingerprint density at radius 1 is 1.85 bits per heavy atom. The summed E-state index contributed by atoms with van der Waals surface area (Å²) in [5, 5.41) is 8.52. The predicted octanol–water partition coefficient (Wildman–Crippen LogP) is 0.549. The molecule has 0 radical (unpaired) electrons. The van der Waals surface area contributed by atoms with Gasteiger partial charge in [-0.05, 0) is 0 Å². The quantitative estimate of drug-likeness (QED) is 0.521. The lowest BCUT2D eigenvalue weighted by molar-refractivity contribution is -0.151. The van der Waals surface area contributed by atoms with E-state index in [4.69, 9.17) is 5.11 Å². The summed E-state index contributed by atoms with van der Waals surface area (Å²) in [6.45, 7) is 3.37. The van der Waals surface area contributed by atoms with Crippen LogP contribution in [0.15, 0.2) is 12.7 Å². The van der Waals surface area contributed by atoms with Crippen LogP contribution in [0.2, 0.25) is 0 Å². The van der Waals surface area contributed by atoms with Crippen LogP contribution in [0.5, 0.6) is 0 Å². The van der Waals surface area contributed by atoms with E-state index in [1.807, 2.05) is 0 Å². The van der Waals surface area contributed by atoms with E-state index in [-0.39, 0.29) is 17.8 Å². The Balaban J connectivity index is 2.36. The first kappa shape index (κ1) is 10.1. The molecule has 0 aromatic carbocycles. The highest BCUT2D eigenvalue weighted by molar-refractivity contribution is 8.00. The largest absolute Gasteiger partial charge is 0.480 e. The molecule has 1 heterocycles. The van der Waals surface area contributed by atoms with Crippen LogP contribution in [0, 0.1) is 0 Å². The fourth-order valence-electron chi connectivity index (χ4n) is 1.09. The van der Waals surface area contributed by atoms with Crippen LogP contribution in [0.3, 0.4) is 0 Å². The molecule has 72 valence electrons. The van der Waals surface area contributed by atoms with Crippen molar-refractivity contribution in [3.8, 4) is 0 Å². The SMILES string of the molecule is C=CCSC1CC(=O)N1CC(=O)O. The molecule has 1 atom stereocenters. The van der Waals surface area contributed by atoms with Crippen LogP contribution in [-0.2, 0) is 9.59 Å². The number of carboxylic acids is 1. The lowest BCUT2D eigenvalue weighted by Gasteiger charge is -2.38. The molecule has 0 spiro atoms. The number of hydrogen-bond donors (Lipinski definition) is 1. The summed E-state index contributed by atoms with van der Waals surface area (Å²) in [5.41, 5.74) is 0. The van der Waals surface area contributed by atoms with E-state index < -0.39 is 5.97 Å². The molecular formula is C8H11NO3S. The van der Waals surface area contributed by atoms with Crippen molar-refractivity contribution < 1.29 is 14.7 Å². The Hall–Kier alpha value is -0.970. The molecular weight excluding hydrogens is 190 g/mol. The second kappa shape index (κ2) is 4.32. The Labute approximate surface area is 80.6 Å². The van der Waals surface area contributed by atoms with Crippen molar-refractivity contribution in [1.82, 2.24) is 4.90 Å². The number of rotatable bonds is 5. The number of carbonyl (C=O) groups is 2. The van der Waals surface area contributed by atoms with Gasteiger partial charge in [0.05, 0.1) is 11.8 Å². The van der Waals surface area contributed by atoms with Gasteiger partial charge in [0.25, 0.3) is 0 Å².